The molecular formula is C15H21BrClNO. The summed E-state index contributed by atoms with van der Waals surface area (Å²) >= 11 is 9.64. The van der Waals surface area contributed by atoms with Crippen molar-refractivity contribution >= 4 is 27.5 Å². The summed E-state index contributed by atoms with van der Waals surface area (Å²) in [6, 6.07) is 3.78. The zero-order chi connectivity index (χ0) is 14.0. The minimum Gasteiger partial charge on any atom is -0.495 e. The first-order valence-electron chi connectivity index (χ1n) is 6.81. The van der Waals surface area contributed by atoms with Crippen molar-refractivity contribution in [2.24, 2.45) is 17.6 Å². The van der Waals surface area contributed by atoms with Crippen LogP contribution in [0.5, 0.6) is 5.75 Å². The molecule has 1 atom stereocenters. The van der Waals surface area contributed by atoms with E-state index >= 15 is 0 Å². The average Bonchev–Trinajstić information content (AvgIpc) is 2.38. The maximum absolute atomic E-state index is 6.47. The molecule has 0 amide bonds. The van der Waals surface area contributed by atoms with Crippen LogP contribution in [-0.4, -0.2) is 7.11 Å². The van der Waals surface area contributed by atoms with Crippen molar-refractivity contribution in [1.29, 1.82) is 0 Å². The van der Waals surface area contributed by atoms with Crippen LogP contribution >= 0.6 is 27.5 Å². The van der Waals surface area contributed by atoms with Crippen molar-refractivity contribution in [3.8, 4) is 5.75 Å². The molecule has 0 spiro atoms. The number of nitrogens with two attached hydrogens (primary N) is 1. The fraction of sp³-hybridized carbons (Fsp3) is 0.600. The topological polar surface area (TPSA) is 35.2 Å². The molecule has 0 aromatic heterocycles. The van der Waals surface area contributed by atoms with Gasteiger partial charge in [-0.25, -0.2) is 0 Å². The van der Waals surface area contributed by atoms with Crippen molar-refractivity contribution in [3.05, 3.63) is 27.2 Å². The number of benzene rings is 1. The van der Waals surface area contributed by atoms with E-state index in [1.807, 2.05) is 12.1 Å². The Bertz CT molecular complexity index is 444. The van der Waals surface area contributed by atoms with Gasteiger partial charge in [-0.15, -0.1) is 0 Å². The van der Waals surface area contributed by atoms with Crippen LogP contribution in [0.1, 0.15) is 44.2 Å². The molecular weight excluding hydrogens is 326 g/mol. The summed E-state index contributed by atoms with van der Waals surface area (Å²) in [7, 11) is 1.67. The number of rotatable bonds is 3. The summed E-state index contributed by atoms with van der Waals surface area (Å²) in [5, 5.41) is 0.697. The molecule has 1 aromatic rings. The number of hydrogen-bond acceptors (Lipinski definition) is 2. The van der Waals surface area contributed by atoms with Crippen molar-refractivity contribution in [2.45, 2.75) is 38.6 Å². The van der Waals surface area contributed by atoms with Crippen molar-refractivity contribution in [2.75, 3.05) is 7.11 Å². The van der Waals surface area contributed by atoms with Crippen LogP contribution in [0.3, 0.4) is 0 Å². The molecule has 1 unspecified atom stereocenters. The van der Waals surface area contributed by atoms with Crippen LogP contribution in [0.4, 0.5) is 0 Å². The van der Waals surface area contributed by atoms with E-state index in [1.165, 1.54) is 25.7 Å². The van der Waals surface area contributed by atoms with E-state index in [1.54, 1.807) is 7.11 Å². The van der Waals surface area contributed by atoms with Gasteiger partial charge in [0.15, 0.2) is 0 Å². The van der Waals surface area contributed by atoms with Crippen molar-refractivity contribution < 1.29 is 4.74 Å². The molecule has 2 N–H and O–H groups in total. The summed E-state index contributed by atoms with van der Waals surface area (Å²) < 4.78 is 6.35. The van der Waals surface area contributed by atoms with Gasteiger partial charge in [-0.1, -0.05) is 31.4 Å². The molecule has 0 saturated heterocycles. The molecule has 1 aromatic carbocycles. The first-order chi connectivity index (χ1) is 9.02. The molecule has 4 heteroatoms. The lowest BCUT2D eigenvalue weighted by molar-refractivity contribution is 0.253. The van der Waals surface area contributed by atoms with Gasteiger partial charge in [0, 0.05) is 16.6 Å². The second-order valence-electron chi connectivity index (χ2n) is 5.56. The highest BCUT2D eigenvalue weighted by Gasteiger charge is 2.27. The van der Waals surface area contributed by atoms with Gasteiger partial charge < -0.3 is 10.5 Å². The largest absolute Gasteiger partial charge is 0.495 e. The smallest absolute Gasteiger partial charge is 0.137 e. The lowest BCUT2D eigenvalue weighted by atomic mass is 9.77. The Hall–Kier alpha value is -0.250. The predicted molar refractivity (Wildman–Crippen MR) is 83.8 cm³/mol. The number of ether oxygens (including phenoxy) is 1. The quantitative estimate of drug-likeness (QED) is 0.841. The third kappa shape index (κ3) is 3.45. The lowest BCUT2D eigenvalue weighted by Crippen LogP contribution is -2.26. The van der Waals surface area contributed by atoms with Crippen LogP contribution in [0.15, 0.2) is 16.6 Å². The fourth-order valence-corrected chi connectivity index (χ4v) is 3.94. The first-order valence-corrected chi connectivity index (χ1v) is 7.98. The standard InChI is InChI=1S/C15H21BrClNO/c1-9-3-5-10(6-4-9)14(18)12-7-11(17)8-13(16)15(12)19-2/h7-10,14H,3-6,18H2,1-2H3. The number of methoxy groups -OCH3 is 1. The minimum absolute atomic E-state index is 0.00236. The molecule has 1 fully saturated rings. The Kier molecular flexibility index (Phi) is 5.15. The van der Waals surface area contributed by atoms with E-state index < -0.39 is 0 Å². The van der Waals surface area contributed by atoms with E-state index in [2.05, 4.69) is 22.9 Å². The number of hydrogen-bond donors (Lipinski definition) is 1. The van der Waals surface area contributed by atoms with Crippen LogP contribution in [-0.2, 0) is 0 Å². The highest BCUT2D eigenvalue weighted by Crippen LogP contribution is 2.41. The van der Waals surface area contributed by atoms with E-state index in [4.69, 9.17) is 22.1 Å². The molecule has 106 valence electrons. The van der Waals surface area contributed by atoms with Gasteiger partial charge in [-0.2, -0.15) is 0 Å². The van der Waals surface area contributed by atoms with E-state index in [0.717, 1.165) is 21.7 Å². The molecule has 0 radical (unpaired) electrons. The summed E-state index contributed by atoms with van der Waals surface area (Å²) in [5.74, 6) is 2.17. The summed E-state index contributed by atoms with van der Waals surface area (Å²) in [6.07, 6.45) is 4.91. The molecule has 1 saturated carbocycles. The summed E-state index contributed by atoms with van der Waals surface area (Å²) in [5.41, 5.74) is 7.49. The Labute approximate surface area is 128 Å². The zero-order valence-corrected chi connectivity index (χ0v) is 13.8. The average molecular weight is 347 g/mol. The molecule has 2 rings (SSSR count). The van der Waals surface area contributed by atoms with Gasteiger partial charge in [-0.05, 0) is 52.7 Å². The molecule has 0 aliphatic heterocycles. The SMILES string of the molecule is COc1c(Br)cc(Cl)cc1C(N)C1CCC(C)CC1. The number of halogens is 2. The first kappa shape index (κ1) is 15.1. The van der Waals surface area contributed by atoms with Gasteiger partial charge in [0.1, 0.15) is 5.75 Å². The molecule has 1 aliphatic carbocycles. The normalized spacial score (nSPS) is 25.1. The monoisotopic (exact) mass is 345 g/mol. The van der Waals surface area contributed by atoms with E-state index in [9.17, 15) is 0 Å². The zero-order valence-electron chi connectivity index (χ0n) is 11.5. The molecule has 1 aliphatic rings. The molecule has 0 bridgehead atoms. The second-order valence-corrected chi connectivity index (χ2v) is 6.85. The Balaban J connectivity index is 2.25. The Morgan fingerprint density at radius 1 is 1.32 bits per heavy atom. The Morgan fingerprint density at radius 3 is 2.53 bits per heavy atom. The van der Waals surface area contributed by atoms with Crippen LogP contribution in [0, 0.1) is 11.8 Å². The van der Waals surface area contributed by atoms with Gasteiger partial charge in [0.25, 0.3) is 0 Å². The van der Waals surface area contributed by atoms with Gasteiger partial charge in [-0.3, -0.25) is 0 Å². The predicted octanol–water partition coefficient (Wildman–Crippen LogP) is 4.94. The highest BCUT2D eigenvalue weighted by atomic mass is 79.9. The van der Waals surface area contributed by atoms with Crippen LogP contribution in [0.25, 0.3) is 0 Å². The maximum atomic E-state index is 6.47. The van der Waals surface area contributed by atoms with E-state index in [0.29, 0.717) is 10.9 Å². The fourth-order valence-electron chi connectivity index (χ4n) is 2.94. The second kappa shape index (κ2) is 6.47. The highest BCUT2D eigenvalue weighted by molar-refractivity contribution is 9.10. The maximum Gasteiger partial charge on any atom is 0.137 e. The van der Waals surface area contributed by atoms with Gasteiger partial charge in [0.2, 0.25) is 0 Å². The van der Waals surface area contributed by atoms with Crippen LogP contribution < -0.4 is 10.5 Å². The molecule has 19 heavy (non-hydrogen) atoms. The van der Waals surface area contributed by atoms with E-state index in [-0.39, 0.29) is 6.04 Å². The molecule has 0 heterocycles. The summed E-state index contributed by atoms with van der Waals surface area (Å²) in [6.45, 7) is 2.32. The van der Waals surface area contributed by atoms with Crippen LogP contribution in [0.2, 0.25) is 5.02 Å². The van der Waals surface area contributed by atoms with Gasteiger partial charge >= 0.3 is 0 Å². The Morgan fingerprint density at radius 2 is 1.95 bits per heavy atom. The summed E-state index contributed by atoms with van der Waals surface area (Å²) in [4.78, 5) is 0. The third-order valence-electron chi connectivity index (χ3n) is 4.17. The molecule has 2 nitrogen and oxygen atoms in total. The minimum atomic E-state index is -0.00236. The van der Waals surface area contributed by atoms with Gasteiger partial charge in [0.05, 0.1) is 11.6 Å². The van der Waals surface area contributed by atoms with Crippen molar-refractivity contribution in [1.82, 2.24) is 0 Å². The third-order valence-corrected chi connectivity index (χ3v) is 4.98. The van der Waals surface area contributed by atoms with Crippen molar-refractivity contribution in [3.63, 3.8) is 0 Å². The lowest BCUT2D eigenvalue weighted by Gasteiger charge is -2.31.